The average Bonchev–Trinajstić information content (AvgIpc) is 3.03. The van der Waals surface area contributed by atoms with Crippen molar-refractivity contribution in [2.75, 3.05) is 12.3 Å². The lowest BCUT2D eigenvalue weighted by Crippen LogP contribution is -2.29. The molecule has 0 bridgehead atoms. The molecule has 0 atom stereocenters. The monoisotopic (exact) mass is 358 g/mol. The SMILES string of the molecule is CC(C)(CN)c1nc(-c2ccc(Cl)c(O)c2)c(-c2ccnc(N)n2)[nH]1. The fraction of sp³-hybridized carbons (Fsp3) is 0.235. The number of rotatable bonds is 4. The summed E-state index contributed by atoms with van der Waals surface area (Å²) in [7, 11) is 0. The summed E-state index contributed by atoms with van der Waals surface area (Å²) in [6, 6.07) is 6.70. The number of aromatic amines is 1. The third-order valence-corrected chi connectivity index (χ3v) is 4.32. The number of aromatic nitrogens is 4. The van der Waals surface area contributed by atoms with Gasteiger partial charge in [0.2, 0.25) is 5.95 Å². The first-order chi connectivity index (χ1) is 11.8. The molecule has 0 aliphatic rings. The molecule has 0 aliphatic carbocycles. The largest absolute Gasteiger partial charge is 0.506 e. The lowest BCUT2D eigenvalue weighted by molar-refractivity contribution is 0.476. The number of nitrogen functional groups attached to an aromatic ring is 1. The van der Waals surface area contributed by atoms with Crippen LogP contribution in [-0.2, 0) is 5.41 Å². The number of nitrogens with one attached hydrogen (secondary N) is 1. The summed E-state index contributed by atoms with van der Waals surface area (Å²) in [6.45, 7) is 4.40. The number of hydrogen-bond donors (Lipinski definition) is 4. The number of aromatic hydroxyl groups is 1. The summed E-state index contributed by atoms with van der Waals surface area (Å²) in [6.07, 6.45) is 1.58. The van der Waals surface area contributed by atoms with Gasteiger partial charge in [-0.2, -0.15) is 0 Å². The number of nitrogens with two attached hydrogens (primary N) is 2. The molecule has 0 amide bonds. The molecule has 0 unspecified atom stereocenters. The number of H-pyrrole nitrogens is 1. The third kappa shape index (κ3) is 3.29. The van der Waals surface area contributed by atoms with Crippen molar-refractivity contribution in [3.05, 3.63) is 41.3 Å². The van der Waals surface area contributed by atoms with E-state index in [0.717, 1.165) is 0 Å². The van der Waals surface area contributed by atoms with Gasteiger partial charge in [-0.25, -0.2) is 15.0 Å². The highest BCUT2D eigenvalue weighted by atomic mass is 35.5. The van der Waals surface area contributed by atoms with Gasteiger partial charge in [-0.15, -0.1) is 0 Å². The Morgan fingerprint density at radius 1 is 1.24 bits per heavy atom. The van der Waals surface area contributed by atoms with Crippen molar-refractivity contribution >= 4 is 17.5 Å². The van der Waals surface area contributed by atoms with Crippen LogP contribution in [0.15, 0.2) is 30.5 Å². The van der Waals surface area contributed by atoms with Crippen molar-refractivity contribution in [3.8, 4) is 28.4 Å². The van der Waals surface area contributed by atoms with Crippen molar-refractivity contribution in [2.45, 2.75) is 19.3 Å². The zero-order chi connectivity index (χ0) is 18.2. The van der Waals surface area contributed by atoms with Crippen LogP contribution < -0.4 is 11.5 Å². The molecule has 7 nitrogen and oxygen atoms in total. The molecule has 3 rings (SSSR count). The Hall–Kier alpha value is -2.64. The second-order valence-corrected chi connectivity index (χ2v) is 6.77. The molecular formula is C17H19ClN6O. The first-order valence-corrected chi connectivity index (χ1v) is 8.08. The molecule has 3 aromatic rings. The fourth-order valence-corrected chi connectivity index (χ4v) is 2.48. The summed E-state index contributed by atoms with van der Waals surface area (Å²) in [5.74, 6) is 0.859. The molecule has 0 radical (unpaired) electrons. The van der Waals surface area contributed by atoms with E-state index < -0.39 is 0 Å². The van der Waals surface area contributed by atoms with Gasteiger partial charge in [0.15, 0.2) is 0 Å². The van der Waals surface area contributed by atoms with Gasteiger partial charge in [0, 0.05) is 23.7 Å². The molecule has 2 heterocycles. The van der Waals surface area contributed by atoms with E-state index in [2.05, 4.69) is 15.0 Å². The Balaban J connectivity index is 2.23. The Kier molecular flexibility index (Phi) is 4.36. The first-order valence-electron chi connectivity index (χ1n) is 7.70. The molecule has 2 aromatic heterocycles. The number of benzene rings is 1. The highest BCUT2D eigenvalue weighted by molar-refractivity contribution is 6.32. The molecule has 0 saturated carbocycles. The standard InChI is InChI=1S/C17H19ClN6O/c1-17(2,8-19)15-23-13(9-3-4-10(18)12(25)7-9)14(24-15)11-5-6-21-16(20)22-11/h3-7,25H,8,19H2,1-2H3,(H,23,24)(H2,20,21,22). The maximum atomic E-state index is 9.94. The lowest BCUT2D eigenvalue weighted by Gasteiger charge is -2.18. The molecule has 25 heavy (non-hydrogen) atoms. The van der Waals surface area contributed by atoms with Crippen molar-refractivity contribution < 1.29 is 5.11 Å². The number of anilines is 1. The van der Waals surface area contributed by atoms with E-state index in [1.54, 1.807) is 30.5 Å². The van der Waals surface area contributed by atoms with Gasteiger partial charge in [0.25, 0.3) is 0 Å². The Bertz CT molecular complexity index is 921. The van der Waals surface area contributed by atoms with Crippen LogP contribution >= 0.6 is 11.6 Å². The van der Waals surface area contributed by atoms with Gasteiger partial charge in [-0.1, -0.05) is 31.5 Å². The number of halogens is 1. The van der Waals surface area contributed by atoms with Crippen LogP contribution in [0.5, 0.6) is 5.75 Å². The summed E-state index contributed by atoms with van der Waals surface area (Å²) in [5.41, 5.74) is 13.8. The Labute approximate surface area is 150 Å². The van der Waals surface area contributed by atoms with Crippen LogP contribution in [0.3, 0.4) is 0 Å². The van der Waals surface area contributed by atoms with E-state index in [-0.39, 0.29) is 22.1 Å². The number of imidazole rings is 1. The number of hydrogen-bond acceptors (Lipinski definition) is 6. The molecular weight excluding hydrogens is 340 g/mol. The minimum absolute atomic E-state index is 0.0186. The topological polar surface area (TPSA) is 127 Å². The van der Waals surface area contributed by atoms with E-state index in [4.69, 9.17) is 28.1 Å². The van der Waals surface area contributed by atoms with Gasteiger partial charge >= 0.3 is 0 Å². The molecule has 0 fully saturated rings. The number of phenols is 1. The number of phenolic OH excluding ortho intramolecular Hbond substituents is 1. The predicted molar refractivity (Wildman–Crippen MR) is 98.2 cm³/mol. The zero-order valence-electron chi connectivity index (χ0n) is 13.9. The summed E-state index contributed by atoms with van der Waals surface area (Å²) in [5, 5.41) is 10.2. The van der Waals surface area contributed by atoms with Crippen LogP contribution in [0.1, 0.15) is 19.7 Å². The van der Waals surface area contributed by atoms with Gasteiger partial charge in [-0.3, -0.25) is 0 Å². The van der Waals surface area contributed by atoms with Crippen LogP contribution in [-0.4, -0.2) is 31.6 Å². The first kappa shape index (κ1) is 17.2. The van der Waals surface area contributed by atoms with Crippen molar-refractivity contribution in [1.29, 1.82) is 0 Å². The zero-order valence-corrected chi connectivity index (χ0v) is 14.7. The fourth-order valence-electron chi connectivity index (χ4n) is 2.36. The van der Waals surface area contributed by atoms with Crippen molar-refractivity contribution in [1.82, 2.24) is 19.9 Å². The summed E-state index contributed by atoms with van der Waals surface area (Å²) >= 11 is 5.91. The van der Waals surface area contributed by atoms with E-state index in [9.17, 15) is 5.11 Å². The average molecular weight is 359 g/mol. The second kappa shape index (κ2) is 6.34. The highest BCUT2D eigenvalue weighted by Crippen LogP contribution is 2.35. The van der Waals surface area contributed by atoms with Gasteiger partial charge in [-0.05, 0) is 18.2 Å². The Morgan fingerprint density at radius 3 is 2.64 bits per heavy atom. The van der Waals surface area contributed by atoms with Gasteiger partial charge in [0.1, 0.15) is 11.6 Å². The quantitative estimate of drug-likeness (QED) is 0.568. The van der Waals surface area contributed by atoms with E-state index >= 15 is 0 Å². The van der Waals surface area contributed by atoms with Crippen molar-refractivity contribution in [3.63, 3.8) is 0 Å². The van der Waals surface area contributed by atoms with Gasteiger partial charge in [0.05, 0.1) is 22.1 Å². The molecule has 6 N–H and O–H groups in total. The van der Waals surface area contributed by atoms with E-state index in [1.165, 1.54) is 0 Å². The van der Waals surface area contributed by atoms with E-state index in [1.807, 2.05) is 13.8 Å². The third-order valence-electron chi connectivity index (χ3n) is 4.01. The predicted octanol–water partition coefficient (Wildman–Crippen LogP) is 2.71. The molecule has 0 saturated heterocycles. The molecule has 8 heteroatoms. The maximum absolute atomic E-state index is 9.94. The molecule has 1 aromatic carbocycles. The Morgan fingerprint density at radius 2 is 2.00 bits per heavy atom. The maximum Gasteiger partial charge on any atom is 0.220 e. The second-order valence-electron chi connectivity index (χ2n) is 6.36. The van der Waals surface area contributed by atoms with Crippen LogP contribution in [0.4, 0.5) is 5.95 Å². The molecule has 130 valence electrons. The highest BCUT2D eigenvalue weighted by Gasteiger charge is 2.26. The smallest absolute Gasteiger partial charge is 0.220 e. The summed E-state index contributed by atoms with van der Waals surface area (Å²) < 4.78 is 0. The van der Waals surface area contributed by atoms with E-state index in [0.29, 0.717) is 35.0 Å². The lowest BCUT2D eigenvalue weighted by atomic mass is 9.93. The van der Waals surface area contributed by atoms with Crippen LogP contribution in [0.25, 0.3) is 22.6 Å². The number of nitrogens with zero attached hydrogens (tertiary/aromatic N) is 3. The minimum Gasteiger partial charge on any atom is -0.506 e. The van der Waals surface area contributed by atoms with Gasteiger partial charge < -0.3 is 21.6 Å². The van der Waals surface area contributed by atoms with Crippen LogP contribution in [0.2, 0.25) is 5.02 Å². The van der Waals surface area contributed by atoms with Crippen LogP contribution in [0, 0.1) is 0 Å². The summed E-state index contributed by atoms with van der Waals surface area (Å²) in [4.78, 5) is 16.2. The normalized spacial score (nSPS) is 11.7. The molecule has 0 spiro atoms. The van der Waals surface area contributed by atoms with Crippen molar-refractivity contribution in [2.24, 2.45) is 5.73 Å². The molecule has 0 aliphatic heterocycles. The minimum atomic E-state index is -0.361.